The van der Waals surface area contributed by atoms with Crippen molar-refractivity contribution in [2.24, 2.45) is 5.92 Å². The number of hydrogen-bond donors (Lipinski definition) is 2. The summed E-state index contributed by atoms with van der Waals surface area (Å²) in [6.45, 7) is 4.11. The summed E-state index contributed by atoms with van der Waals surface area (Å²) < 4.78 is 4.94. The van der Waals surface area contributed by atoms with E-state index >= 15 is 0 Å². The van der Waals surface area contributed by atoms with Crippen molar-refractivity contribution in [2.75, 3.05) is 13.2 Å². The van der Waals surface area contributed by atoms with E-state index in [1.807, 2.05) is 0 Å². The van der Waals surface area contributed by atoms with Crippen molar-refractivity contribution in [2.45, 2.75) is 25.8 Å². The van der Waals surface area contributed by atoms with E-state index in [0.717, 1.165) is 0 Å². The van der Waals surface area contributed by atoms with Crippen molar-refractivity contribution in [1.82, 2.24) is 5.32 Å². The van der Waals surface area contributed by atoms with Gasteiger partial charge in [0, 0.05) is 5.92 Å². The highest BCUT2D eigenvalue weighted by Crippen LogP contribution is 2.21. The molecule has 0 spiro atoms. The summed E-state index contributed by atoms with van der Waals surface area (Å²) in [5, 5.41) is 11.4. The molecular weight excluding hydrogens is 186 g/mol. The molecule has 0 aromatic carbocycles. The van der Waals surface area contributed by atoms with Crippen molar-refractivity contribution in [3.63, 3.8) is 0 Å². The van der Waals surface area contributed by atoms with E-state index in [9.17, 15) is 9.59 Å². The molecule has 80 valence electrons. The van der Waals surface area contributed by atoms with E-state index in [-0.39, 0.29) is 31.5 Å². The highest BCUT2D eigenvalue weighted by Gasteiger charge is 2.42. The third kappa shape index (κ3) is 2.45. The van der Waals surface area contributed by atoms with Gasteiger partial charge in [-0.15, -0.1) is 0 Å². The minimum atomic E-state index is -0.919. The molecular formula is C9H15NO4. The number of hydrogen-bond acceptors (Lipinski definition) is 3. The van der Waals surface area contributed by atoms with Crippen LogP contribution in [0.5, 0.6) is 0 Å². The van der Waals surface area contributed by atoms with Gasteiger partial charge in [0.2, 0.25) is 5.91 Å². The topological polar surface area (TPSA) is 75.6 Å². The zero-order chi connectivity index (χ0) is 10.8. The van der Waals surface area contributed by atoms with Gasteiger partial charge in [-0.05, 0) is 0 Å². The van der Waals surface area contributed by atoms with Gasteiger partial charge in [-0.25, -0.2) is 0 Å². The van der Waals surface area contributed by atoms with Crippen molar-refractivity contribution >= 4 is 11.9 Å². The monoisotopic (exact) mass is 201 g/mol. The smallest absolute Gasteiger partial charge is 0.305 e. The lowest BCUT2D eigenvalue weighted by Crippen LogP contribution is -2.63. The van der Waals surface area contributed by atoms with E-state index in [2.05, 4.69) is 5.32 Å². The third-order valence-corrected chi connectivity index (χ3v) is 2.16. The van der Waals surface area contributed by atoms with Crippen molar-refractivity contribution in [3.8, 4) is 0 Å². The lowest BCUT2D eigenvalue weighted by atomic mass is 9.92. The number of amides is 1. The highest BCUT2D eigenvalue weighted by atomic mass is 16.5. The summed E-state index contributed by atoms with van der Waals surface area (Å²) in [5.41, 5.74) is -0.673. The Hall–Kier alpha value is -1.10. The number of rotatable bonds is 4. The van der Waals surface area contributed by atoms with E-state index in [1.165, 1.54) is 0 Å². The molecule has 0 aromatic heterocycles. The molecule has 0 aromatic rings. The quantitative estimate of drug-likeness (QED) is 0.671. The van der Waals surface area contributed by atoms with Gasteiger partial charge in [0.05, 0.1) is 25.2 Å². The summed E-state index contributed by atoms with van der Waals surface area (Å²) in [6.07, 6.45) is -0.0779. The number of carboxylic acid groups (broad SMARTS) is 1. The molecule has 0 radical (unpaired) electrons. The molecule has 1 saturated heterocycles. The number of carbonyl (C=O) groups is 2. The van der Waals surface area contributed by atoms with Gasteiger partial charge >= 0.3 is 5.97 Å². The molecule has 0 atom stereocenters. The number of carboxylic acids is 1. The van der Waals surface area contributed by atoms with Crippen LogP contribution < -0.4 is 5.32 Å². The van der Waals surface area contributed by atoms with Crippen LogP contribution in [0.3, 0.4) is 0 Å². The number of aliphatic carboxylic acids is 1. The lowest BCUT2D eigenvalue weighted by molar-refractivity contribution is -0.150. The summed E-state index contributed by atoms with van der Waals surface area (Å²) >= 11 is 0. The van der Waals surface area contributed by atoms with Crippen LogP contribution in [0.25, 0.3) is 0 Å². The third-order valence-electron chi connectivity index (χ3n) is 2.16. The maximum atomic E-state index is 11.4. The van der Waals surface area contributed by atoms with E-state index < -0.39 is 11.5 Å². The first-order valence-electron chi connectivity index (χ1n) is 4.57. The first kappa shape index (κ1) is 11.0. The predicted octanol–water partition coefficient (Wildman–Crippen LogP) is 0.00230. The van der Waals surface area contributed by atoms with Crippen LogP contribution >= 0.6 is 0 Å². The minimum absolute atomic E-state index is 0.0779. The molecule has 1 amide bonds. The Morgan fingerprint density at radius 3 is 2.36 bits per heavy atom. The maximum absolute atomic E-state index is 11.4. The summed E-state index contributed by atoms with van der Waals surface area (Å²) in [5.74, 6) is -1.19. The van der Waals surface area contributed by atoms with Crippen LogP contribution in [0.1, 0.15) is 20.3 Å². The SMILES string of the molecule is CC(C)C(=O)NC1(CC(=O)O)COC1. The summed E-state index contributed by atoms with van der Waals surface area (Å²) in [7, 11) is 0. The number of nitrogens with one attached hydrogen (secondary N) is 1. The molecule has 2 N–H and O–H groups in total. The van der Waals surface area contributed by atoms with E-state index in [4.69, 9.17) is 9.84 Å². The molecule has 0 unspecified atom stereocenters. The first-order chi connectivity index (χ1) is 6.45. The molecule has 0 bridgehead atoms. The lowest BCUT2D eigenvalue weighted by Gasteiger charge is -2.41. The van der Waals surface area contributed by atoms with Crippen LogP contribution in [-0.2, 0) is 14.3 Å². The Morgan fingerprint density at radius 1 is 1.50 bits per heavy atom. The maximum Gasteiger partial charge on any atom is 0.305 e. The molecule has 0 aliphatic carbocycles. The van der Waals surface area contributed by atoms with Gasteiger partial charge in [-0.1, -0.05) is 13.8 Å². The summed E-state index contributed by atoms with van der Waals surface area (Å²) in [4.78, 5) is 21.9. The second kappa shape index (κ2) is 3.96. The molecule has 5 heteroatoms. The average molecular weight is 201 g/mol. The molecule has 0 saturated carbocycles. The largest absolute Gasteiger partial charge is 0.481 e. The number of ether oxygens (including phenoxy) is 1. The normalized spacial score (nSPS) is 18.8. The fourth-order valence-corrected chi connectivity index (χ4v) is 1.26. The molecule has 5 nitrogen and oxygen atoms in total. The molecule has 1 fully saturated rings. The minimum Gasteiger partial charge on any atom is -0.481 e. The number of carbonyl (C=O) groups excluding carboxylic acids is 1. The fraction of sp³-hybridized carbons (Fsp3) is 0.778. The Labute approximate surface area is 82.4 Å². The second-order valence-electron chi connectivity index (χ2n) is 3.99. The van der Waals surface area contributed by atoms with Crippen LogP contribution in [0.2, 0.25) is 0 Å². The average Bonchev–Trinajstić information content (AvgIpc) is 1.99. The predicted molar refractivity (Wildman–Crippen MR) is 48.8 cm³/mol. The van der Waals surface area contributed by atoms with Crippen LogP contribution in [-0.4, -0.2) is 35.7 Å². The van der Waals surface area contributed by atoms with E-state index in [1.54, 1.807) is 13.8 Å². The van der Waals surface area contributed by atoms with Crippen LogP contribution in [0.4, 0.5) is 0 Å². The fourth-order valence-electron chi connectivity index (χ4n) is 1.26. The van der Waals surface area contributed by atoms with Crippen LogP contribution in [0.15, 0.2) is 0 Å². The standard InChI is InChI=1S/C9H15NO4/c1-6(2)8(13)10-9(3-7(11)12)4-14-5-9/h6H,3-5H2,1-2H3,(H,10,13)(H,11,12). The molecule has 14 heavy (non-hydrogen) atoms. The van der Waals surface area contributed by atoms with Gasteiger partial charge in [0.25, 0.3) is 0 Å². The first-order valence-corrected chi connectivity index (χ1v) is 4.57. The van der Waals surface area contributed by atoms with Gasteiger partial charge in [0.1, 0.15) is 0 Å². The second-order valence-corrected chi connectivity index (χ2v) is 3.99. The van der Waals surface area contributed by atoms with Crippen molar-refractivity contribution in [3.05, 3.63) is 0 Å². The highest BCUT2D eigenvalue weighted by molar-refractivity contribution is 5.80. The molecule has 1 aliphatic rings. The Bertz CT molecular complexity index is 245. The van der Waals surface area contributed by atoms with Crippen molar-refractivity contribution in [1.29, 1.82) is 0 Å². The van der Waals surface area contributed by atoms with Gasteiger partial charge in [-0.2, -0.15) is 0 Å². The molecule has 1 heterocycles. The zero-order valence-corrected chi connectivity index (χ0v) is 8.37. The van der Waals surface area contributed by atoms with Crippen molar-refractivity contribution < 1.29 is 19.4 Å². The van der Waals surface area contributed by atoms with Crippen LogP contribution in [0, 0.1) is 5.92 Å². The van der Waals surface area contributed by atoms with Gasteiger partial charge in [-0.3, -0.25) is 9.59 Å². The van der Waals surface area contributed by atoms with Gasteiger partial charge < -0.3 is 15.2 Å². The van der Waals surface area contributed by atoms with E-state index in [0.29, 0.717) is 0 Å². The Kier molecular flexibility index (Phi) is 3.10. The zero-order valence-electron chi connectivity index (χ0n) is 8.37. The molecule has 1 aliphatic heterocycles. The summed E-state index contributed by atoms with van der Waals surface area (Å²) in [6, 6.07) is 0. The Balaban J connectivity index is 2.53. The Morgan fingerprint density at radius 2 is 2.07 bits per heavy atom. The van der Waals surface area contributed by atoms with Gasteiger partial charge in [0.15, 0.2) is 0 Å². The molecule has 1 rings (SSSR count).